The van der Waals surface area contributed by atoms with Gasteiger partial charge in [-0.25, -0.2) is 4.79 Å². The lowest BCUT2D eigenvalue weighted by molar-refractivity contribution is 0.250. The van der Waals surface area contributed by atoms with Crippen molar-refractivity contribution in [2.75, 3.05) is 18.5 Å². The van der Waals surface area contributed by atoms with Crippen molar-refractivity contribution < 1.29 is 14.6 Å². The van der Waals surface area contributed by atoms with Gasteiger partial charge in [0.05, 0.1) is 6.61 Å². The average molecular weight is 314 g/mol. The second-order valence-electron chi connectivity index (χ2n) is 5.35. The van der Waals surface area contributed by atoms with Crippen molar-refractivity contribution in [1.82, 2.24) is 5.32 Å². The number of rotatable bonds is 6. The van der Waals surface area contributed by atoms with Crippen LogP contribution < -0.4 is 15.4 Å². The van der Waals surface area contributed by atoms with E-state index in [0.29, 0.717) is 18.8 Å². The van der Waals surface area contributed by atoms with Gasteiger partial charge >= 0.3 is 6.03 Å². The highest BCUT2D eigenvalue weighted by molar-refractivity contribution is 5.89. The Morgan fingerprint density at radius 3 is 2.39 bits per heavy atom. The zero-order chi connectivity index (χ0) is 16.7. The Morgan fingerprint density at radius 2 is 1.74 bits per heavy atom. The van der Waals surface area contributed by atoms with E-state index < -0.39 is 0 Å². The monoisotopic (exact) mass is 314 g/mol. The standard InChI is InChI=1S/C18H22N2O3/c1-13-5-3-6-14(2)17(13)23-12-4-11-19-18(22)20-15-7-9-16(21)10-8-15/h3,5-10,21H,4,11-12H2,1-2H3,(H2,19,20,22). The third kappa shape index (κ3) is 5.21. The normalized spacial score (nSPS) is 10.2. The Kier molecular flexibility index (Phi) is 5.86. The molecule has 0 saturated carbocycles. The van der Waals surface area contributed by atoms with Crippen LogP contribution in [-0.4, -0.2) is 24.3 Å². The lowest BCUT2D eigenvalue weighted by Crippen LogP contribution is -2.30. The summed E-state index contributed by atoms with van der Waals surface area (Å²) in [7, 11) is 0. The van der Waals surface area contributed by atoms with E-state index in [2.05, 4.69) is 10.6 Å². The maximum absolute atomic E-state index is 11.7. The number of anilines is 1. The molecule has 0 saturated heterocycles. The van der Waals surface area contributed by atoms with E-state index in [1.807, 2.05) is 32.0 Å². The smallest absolute Gasteiger partial charge is 0.319 e. The van der Waals surface area contributed by atoms with Crippen LogP contribution in [0.1, 0.15) is 17.5 Å². The Morgan fingerprint density at radius 1 is 1.09 bits per heavy atom. The Bertz CT molecular complexity index is 634. The number of ether oxygens (including phenoxy) is 1. The van der Waals surface area contributed by atoms with Crippen molar-refractivity contribution in [3.8, 4) is 11.5 Å². The Balaban J connectivity index is 1.67. The molecule has 0 aromatic heterocycles. The van der Waals surface area contributed by atoms with Gasteiger partial charge in [-0.2, -0.15) is 0 Å². The summed E-state index contributed by atoms with van der Waals surface area (Å²) >= 11 is 0. The zero-order valence-corrected chi connectivity index (χ0v) is 13.4. The summed E-state index contributed by atoms with van der Waals surface area (Å²) in [4.78, 5) is 11.7. The summed E-state index contributed by atoms with van der Waals surface area (Å²) in [6.07, 6.45) is 0.719. The van der Waals surface area contributed by atoms with Crippen molar-refractivity contribution in [3.63, 3.8) is 0 Å². The first kappa shape index (κ1) is 16.7. The molecule has 5 nitrogen and oxygen atoms in total. The molecule has 5 heteroatoms. The molecule has 0 aliphatic heterocycles. The number of nitrogens with one attached hydrogen (secondary N) is 2. The number of hydrogen-bond donors (Lipinski definition) is 3. The molecule has 0 spiro atoms. The van der Waals surface area contributed by atoms with Crippen molar-refractivity contribution >= 4 is 11.7 Å². The minimum Gasteiger partial charge on any atom is -0.508 e. The van der Waals surface area contributed by atoms with Gasteiger partial charge in [0.2, 0.25) is 0 Å². The molecular formula is C18H22N2O3. The summed E-state index contributed by atoms with van der Waals surface area (Å²) in [5, 5.41) is 14.6. The maximum Gasteiger partial charge on any atom is 0.319 e. The maximum atomic E-state index is 11.7. The van der Waals surface area contributed by atoms with Crippen LogP contribution in [0.15, 0.2) is 42.5 Å². The van der Waals surface area contributed by atoms with Crippen LogP contribution in [-0.2, 0) is 0 Å². The lowest BCUT2D eigenvalue weighted by atomic mass is 10.1. The van der Waals surface area contributed by atoms with E-state index in [9.17, 15) is 9.90 Å². The first-order valence-corrected chi connectivity index (χ1v) is 7.59. The summed E-state index contributed by atoms with van der Waals surface area (Å²) in [5.41, 5.74) is 2.86. The van der Waals surface area contributed by atoms with Gasteiger partial charge in [0, 0.05) is 12.2 Å². The molecule has 2 aromatic carbocycles. The molecule has 0 unspecified atom stereocenters. The van der Waals surface area contributed by atoms with Crippen LogP contribution in [0, 0.1) is 13.8 Å². The number of carbonyl (C=O) groups excluding carboxylic acids is 1. The number of para-hydroxylation sites is 1. The summed E-state index contributed by atoms with van der Waals surface area (Å²) in [5.74, 6) is 1.08. The van der Waals surface area contributed by atoms with Gasteiger partial charge in [-0.1, -0.05) is 18.2 Å². The Hall–Kier alpha value is -2.69. The third-order valence-corrected chi connectivity index (χ3v) is 3.39. The molecule has 2 rings (SSSR count). The fourth-order valence-electron chi connectivity index (χ4n) is 2.20. The molecule has 0 fully saturated rings. The largest absolute Gasteiger partial charge is 0.508 e. The molecular weight excluding hydrogens is 292 g/mol. The first-order valence-electron chi connectivity index (χ1n) is 7.59. The van der Waals surface area contributed by atoms with Crippen LogP contribution in [0.25, 0.3) is 0 Å². The molecule has 2 amide bonds. The van der Waals surface area contributed by atoms with Crippen molar-refractivity contribution in [2.45, 2.75) is 20.3 Å². The molecule has 0 bridgehead atoms. The molecule has 0 heterocycles. The number of aryl methyl sites for hydroxylation is 2. The minimum absolute atomic E-state index is 0.166. The number of urea groups is 1. The summed E-state index contributed by atoms with van der Waals surface area (Å²) in [6.45, 7) is 5.11. The number of amides is 2. The fraction of sp³-hybridized carbons (Fsp3) is 0.278. The summed E-state index contributed by atoms with van der Waals surface area (Å²) < 4.78 is 5.78. The Labute approximate surface area is 136 Å². The van der Waals surface area contributed by atoms with E-state index >= 15 is 0 Å². The van der Waals surface area contributed by atoms with Gasteiger partial charge in [-0.3, -0.25) is 0 Å². The fourth-order valence-corrected chi connectivity index (χ4v) is 2.20. The van der Waals surface area contributed by atoms with E-state index in [1.165, 1.54) is 12.1 Å². The molecule has 122 valence electrons. The van der Waals surface area contributed by atoms with E-state index in [1.54, 1.807) is 12.1 Å². The summed E-state index contributed by atoms with van der Waals surface area (Å²) in [6, 6.07) is 12.1. The number of carbonyl (C=O) groups is 1. The number of phenolic OH excluding ortho intramolecular Hbond substituents is 1. The van der Waals surface area contributed by atoms with E-state index in [-0.39, 0.29) is 11.8 Å². The predicted octanol–water partition coefficient (Wildman–Crippen LogP) is 3.60. The van der Waals surface area contributed by atoms with Crippen molar-refractivity contribution in [2.24, 2.45) is 0 Å². The number of phenols is 1. The third-order valence-electron chi connectivity index (χ3n) is 3.39. The van der Waals surface area contributed by atoms with Crippen molar-refractivity contribution in [1.29, 1.82) is 0 Å². The highest BCUT2D eigenvalue weighted by Gasteiger charge is 2.04. The quantitative estimate of drug-likeness (QED) is 0.563. The van der Waals surface area contributed by atoms with Gasteiger partial charge in [0.25, 0.3) is 0 Å². The zero-order valence-electron chi connectivity index (χ0n) is 13.4. The van der Waals surface area contributed by atoms with Gasteiger partial charge in [0.15, 0.2) is 0 Å². The number of benzene rings is 2. The lowest BCUT2D eigenvalue weighted by Gasteiger charge is -2.12. The predicted molar refractivity (Wildman–Crippen MR) is 91.2 cm³/mol. The van der Waals surface area contributed by atoms with Gasteiger partial charge in [-0.15, -0.1) is 0 Å². The topological polar surface area (TPSA) is 70.6 Å². The second kappa shape index (κ2) is 8.08. The molecule has 0 aliphatic carbocycles. The van der Waals surface area contributed by atoms with E-state index in [0.717, 1.165) is 23.3 Å². The minimum atomic E-state index is -0.275. The molecule has 0 aliphatic rings. The van der Waals surface area contributed by atoms with Crippen LogP contribution in [0.4, 0.5) is 10.5 Å². The highest BCUT2D eigenvalue weighted by Crippen LogP contribution is 2.22. The first-order chi connectivity index (χ1) is 11.1. The van der Waals surface area contributed by atoms with Crippen LogP contribution in [0.2, 0.25) is 0 Å². The van der Waals surface area contributed by atoms with Crippen LogP contribution >= 0.6 is 0 Å². The van der Waals surface area contributed by atoms with Crippen LogP contribution in [0.5, 0.6) is 11.5 Å². The number of aromatic hydroxyl groups is 1. The second-order valence-corrected chi connectivity index (χ2v) is 5.35. The van der Waals surface area contributed by atoms with Gasteiger partial charge in [-0.05, 0) is 55.7 Å². The van der Waals surface area contributed by atoms with Crippen molar-refractivity contribution in [3.05, 3.63) is 53.6 Å². The van der Waals surface area contributed by atoms with E-state index in [4.69, 9.17) is 4.74 Å². The van der Waals surface area contributed by atoms with Gasteiger partial charge < -0.3 is 20.5 Å². The molecule has 23 heavy (non-hydrogen) atoms. The average Bonchev–Trinajstić information content (AvgIpc) is 2.52. The SMILES string of the molecule is Cc1cccc(C)c1OCCCNC(=O)Nc1ccc(O)cc1. The molecule has 3 N–H and O–H groups in total. The molecule has 0 atom stereocenters. The van der Waals surface area contributed by atoms with Gasteiger partial charge in [0.1, 0.15) is 11.5 Å². The molecule has 0 radical (unpaired) electrons. The highest BCUT2D eigenvalue weighted by atomic mass is 16.5. The number of hydrogen-bond acceptors (Lipinski definition) is 3. The molecule has 2 aromatic rings. The van der Waals surface area contributed by atoms with Crippen LogP contribution in [0.3, 0.4) is 0 Å².